The minimum Gasteiger partial charge on any atom is -0.497 e. The summed E-state index contributed by atoms with van der Waals surface area (Å²) in [4.78, 5) is 12.2. The molecule has 0 aromatic heterocycles. The van der Waals surface area contributed by atoms with E-state index < -0.39 is 0 Å². The molecule has 1 amide bonds. The molecule has 2 N–H and O–H groups in total. The molecule has 0 spiro atoms. The maximum atomic E-state index is 12.2. The first-order chi connectivity index (χ1) is 12.5. The number of carbonyl (C=O) groups is 1. The van der Waals surface area contributed by atoms with Crippen molar-refractivity contribution < 1.29 is 19.0 Å². The van der Waals surface area contributed by atoms with E-state index in [2.05, 4.69) is 10.6 Å². The van der Waals surface area contributed by atoms with E-state index >= 15 is 0 Å². The predicted octanol–water partition coefficient (Wildman–Crippen LogP) is 3.17. The summed E-state index contributed by atoms with van der Waals surface area (Å²) in [5, 5.41) is 6.25. The van der Waals surface area contributed by atoms with Gasteiger partial charge in [-0.15, -0.1) is 0 Å². The molecule has 0 aliphatic heterocycles. The Morgan fingerprint density at radius 2 is 1.65 bits per heavy atom. The molecule has 0 heterocycles. The summed E-state index contributed by atoms with van der Waals surface area (Å²) >= 11 is 11.4. The predicted molar refractivity (Wildman–Crippen MR) is 104 cm³/mol. The van der Waals surface area contributed by atoms with E-state index in [0.29, 0.717) is 34.4 Å². The van der Waals surface area contributed by atoms with Crippen LogP contribution >= 0.6 is 23.8 Å². The molecule has 0 aliphatic carbocycles. The first-order valence-corrected chi connectivity index (χ1v) is 8.40. The molecule has 138 valence electrons. The number of hydrogen-bond donors (Lipinski definition) is 2. The second kappa shape index (κ2) is 9.26. The van der Waals surface area contributed by atoms with E-state index in [4.69, 9.17) is 38.0 Å². The Bertz CT molecular complexity index is 797. The lowest BCUT2D eigenvalue weighted by atomic mass is 10.2. The molecular formula is C18H19ClN2O4S. The number of halogens is 1. The average Bonchev–Trinajstić information content (AvgIpc) is 2.66. The van der Waals surface area contributed by atoms with Gasteiger partial charge in [-0.3, -0.25) is 10.1 Å². The van der Waals surface area contributed by atoms with Gasteiger partial charge in [-0.2, -0.15) is 0 Å². The van der Waals surface area contributed by atoms with Crippen LogP contribution in [0.3, 0.4) is 0 Å². The van der Waals surface area contributed by atoms with Gasteiger partial charge in [0, 0.05) is 23.2 Å². The van der Waals surface area contributed by atoms with Crippen LogP contribution in [0.4, 0.5) is 0 Å². The molecule has 8 heteroatoms. The fourth-order valence-corrected chi connectivity index (χ4v) is 2.55. The molecule has 0 atom stereocenters. The minimum absolute atomic E-state index is 0.191. The van der Waals surface area contributed by atoms with Crippen LogP contribution in [0, 0.1) is 0 Å². The number of methoxy groups -OCH3 is 3. The quantitative estimate of drug-likeness (QED) is 0.733. The summed E-state index contributed by atoms with van der Waals surface area (Å²) in [5.74, 6) is 1.45. The monoisotopic (exact) mass is 394 g/mol. The maximum Gasteiger partial charge on any atom is 0.257 e. The van der Waals surface area contributed by atoms with Gasteiger partial charge >= 0.3 is 0 Å². The summed E-state index contributed by atoms with van der Waals surface area (Å²) in [6.45, 7) is 0.320. The fourth-order valence-electron chi connectivity index (χ4n) is 2.17. The van der Waals surface area contributed by atoms with Gasteiger partial charge < -0.3 is 19.5 Å². The van der Waals surface area contributed by atoms with Crippen LogP contribution in [0.15, 0.2) is 36.4 Å². The number of thiocarbonyl (C=S) groups is 1. The maximum absolute atomic E-state index is 12.2. The van der Waals surface area contributed by atoms with E-state index in [-0.39, 0.29) is 11.0 Å². The van der Waals surface area contributed by atoms with E-state index in [1.807, 2.05) is 0 Å². The van der Waals surface area contributed by atoms with Crippen LogP contribution in [-0.2, 0) is 6.54 Å². The van der Waals surface area contributed by atoms with Crippen molar-refractivity contribution in [2.75, 3.05) is 21.3 Å². The van der Waals surface area contributed by atoms with Gasteiger partial charge in [-0.1, -0.05) is 11.6 Å². The third kappa shape index (κ3) is 5.00. The molecular weight excluding hydrogens is 376 g/mol. The van der Waals surface area contributed by atoms with Crippen molar-refractivity contribution in [3.8, 4) is 17.2 Å². The highest BCUT2D eigenvalue weighted by atomic mass is 35.5. The zero-order valence-corrected chi connectivity index (χ0v) is 16.2. The van der Waals surface area contributed by atoms with Crippen molar-refractivity contribution in [2.24, 2.45) is 0 Å². The number of benzene rings is 2. The zero-order valence-electron chi connectivity index (χ0n) is 14.6. The third-order valence-electron chi connectivity index (χ3n) is 3.57. The minimum atomic E-state index is -0.316. The van der Waals surface area contributed by atoms with Gasteiger partial charge in [0.05, 0.1) is 21.3 Å². The summed E-state index contributed by atoms with van der Waals surface area (Å²) < 4.78 is 15.5. The molecule has 26 heavy (non-hydrogen) atoms. The van der Waals surface area contributed by atoms with Crippen LogP contribution in [-0.4, -0.2) is 32.3 Å². The normalized spacial score (nSPS) is 10.0. The number of hydrogen-bond acceptors (Lipinski definition) is 5. The van der Waals surface area contributed by atoms with Gasteiger partial charge in [-0.25, -0.2) is 0 Å². The number of ether oxygens (including phenoxy) is 3. The second-order valence-electron chi connectivity index (χ2n) is 5.16. The molecule has 2 aromatic rings. The van der Waals surface area contributed by atoms with Crippen LogP contribution < -0.4 is 24.8 Å². The molecule has 0 unspecified atom stereocenters. The zero-order chi connectivity index (χ0) is 19.1. The Morgan fingerprint density at radius 1 is 1.04 bits per heavy atom. The molecule has 0 bridgehead atoms. The van der Waals surface area contributed by atoms with Crippen LogP contribution in [0.2, 0.25) is 5.02 Å². The average molecular weight is 395 g/mol. The van der Waals surface area contributed by atoms with Crippen molar-refractivity contribution >= 4 is 34.8 Å². The molecule has 0 aliphatic rings. The SMILES string of the molecule is COc1ccc(C(=O)NC(=S)NCc2cc(OC)c(OC)cc2Cl)cc1. The summed E-state index contributed by atoms with van der Waals surface area (Å²) in [5.41, 5.74) is 1.23. The van der Waals surface area contributed by atoms with Crippen molar-refractivity contribution in [3.63, 3.8) is 0 Å². The summed E-state index contributed by atoms with van der Waals surface area (Å²) in [6.07, 6.45) is 0. The van der Waals surface area contributed by atoms with Crippen molar-refractivity contribution in [1.82, 2.24) is 10.6 Å². The number of rotatable bonds is 6. The summed E-state index contributed by atoms with van der Waals surface area (Å²) in [7, 11) is 4.64. The summed E-state index contributed by atoms with van der Waals surface area (Å²) in [6, 6.07) is 10.1. The molecule has 0 saturated heterocycles. The highest BCUT2D eigenvalue weighted by Crippen LogP contribution is 2.32. The van der Waals surface area contributed by atoms with Gasteiger partial charge in [0.15, 0.2) is 16.6 Å². The highest BCUT2D eigenvalue weighted by molar-refractivity contribution is 7.80. The standard InChI is InChI=1S/C18H19ClN2O4S/c1-23-13-6-4-11(5-7-13)17(22)21-18(26)20-10-12-8-15(24-2)16(25-3)9-14(12)19/h4-9H,10H2,1-3H3,(H2,20,21,22,26). The Balaban J connectivity index is 1.96. The number of amides is 1. The molecule has 6 nitrogen and oxygen atoms in total. The smallest absolute Gasteiger partial charge is 0.257 e. The topological polar surface area (TPSA) is 68.8 Å². The molecule has 2 rings (SSSR count). The van der Waals surface area contributed by atoms with Crippen molar-refractivity contribution in [2.45, 2.75) is 6.54 Å². The van der Waals surface area contributed by atoms with Crippen LogP contribution in [0.1, 0.15) is 15.9 Å². The Kier molecular flexibility index (Phi) is 7.06. The Hall–Kier alpha value is -2.51. The molecule has 0 fully saturated rings. The first-order valence-electron chi connectivity index (χ1n) is 7.62. The van der Waals surface area contributed by atoms with E-state index in [9.17, 15) is 4.79 Å². The Morgan fingerprint density at radius 3 is 2.23 bits per heavy atom. The molecule has 2 aromatic carbocycles. The van der Waals surface area contributed by atoms with Gasteiger partial charge in [0.25, 0.3) is 5.91 Å². The molecule has 0 radical (unpaired) electrons. The number of nitrogens with one attached hydrogen (secondary N) is 2. The first kappa shape index (κ1) is 19.8. The van der Waals surface area contributed by atoms with Gasteiger partial charge in [0.2, 0.25) is 0 Å². The second-order valence-corrected chi connectivity index (χ2v) is 5.98. The lowest BCUT2D eigenvalue weighted by Gasteiger charge is -2.14. The van der Waals surface area contributed by atoms with E-state index in [1.165, 1.54) is 7.11 Å². The van der Waals surface area contributed by atoms with E-state index in [0.717, 1.165) is 5.56 Å². The Labute approximate surface area is 162 Å². The van der Waals surface area contributed by atoms with Gasteiger partial charge in [0.1, 0.15) is 5.75 Å². The van der Waals surface area contributed by atoms with Crippen LogP contribution in [0.5, 0.6) is 17.2 Å². The van der Waals surface area contributed by atoms with E-state index in [1.54, 1.807) is 50.6 Å². The van der Waals surface area contributed by atoms with Crippen LogP contribution in [0.25, 0.3) is 0 Å². The third-order valence-corrected chi connectivity index (χ3v) is 4.17. The highest BCUT2D eigenvalue weighted by Gasteiger charge is 2.12. The molecule has 0 saturated carbocycles. The lowest BCUT2D eigenvalue weighted by Crippen LogP contribution is -2.38. The fraction of sp³-hybridized carbons (Fsp3) is 0.222. The lowest BCUT2D eigenvalue weighted by molar-refractivity contribution is 0.0976. The number of carbonyl (C=O) groups excluding carboxylic acids is 1. The largest absolute Gasteiger partial charge is 0.497 e. The van der Waals surface area contributed by atoms with Crippen molar-refractivity contribution in [3.05, 3.63) is 52.5 Å². The van der Waals surface area contributed by atoms with Crippen molar-refractivity contribution in [1.29, 1.82) is 0 Å². The van der Waals surface area contributed by atoms with Gasteiger partial charge in [-0.05, 0) is 48.1 Å².